The van der Waals surface area contributed by atoms with Crippen LogP contribution in [-0.2, 0) is 10.3 Å². The molecule has 1 aliphatic carbocycles. The van der Waals surface area contributed by atoms with E-state index in [4.69, 9.17) is 5.41 Å². The van der Waals surface area contributed by atoms with Crippen molar-refractivity contribution in [2.75, 3.05) is 7.05 Å². The van der Waals surface area contributed by atoms with Crippen LogP contribution in [-0.4, -0.2) is 28.8 Å². The van der Waals surface area contributed by atoms with Crippen LogP contribution in [0.1, 0.15) is 48.4 Å². The first-order chi connectivity index (χ1) is 12.0. The van der Waals surface area contributed by atoms with E-state index in [9.17, 15) is 4.79 Å². The maximum Gasteiger partial charge on any atom is 0.239 e. The van der Waals surface area contributed by atoms with Gasteiger partial charge >= 0.3 is 0 Å². The van der Waals surface area contributed by atoms with Crippen LogP contribution in [0.25, 0.3) is 0 Å². The summed E-state index contributed by atoms with van der Waals surface area (Å²) < 4.78 is 0. The van der Waals surface area contributed by atoms with Crippen molar-refractivity contribution in [2.45, 2.75) is 37.1 Å². The molecule has 1 saturated heterocycles. The van der Waals surface area contributed by atoms with Gasteiger partial charge in [0.05, 0.1) is 17.2 Å². The Bertz CT molecular complexity index is 813. The van der Waals surface area contributed by atoms with Crippen LogP contribution in [0.3, 0.4) is 0 Å². The van der Waals surface area contributed by atoms with Crippen molar-refractivity contribution in [1.29, 1.82) is 5.41 Å². The van der Waals surface area contributed by atoms with Gasteiger partial charge in [0.1, 0.15) is 0 Å². The summed E-state index contributed by atoms with van der Waals surface area (Å²) in [5.41, 5.74) is 2.30. The normalized spacial score (nSPS) is 26.5. The first-order valence-electron chi connectivity index (χ1n) is 8.66. The number of pyridine rings is 1. The molecule has 1 saturated carbocycles. The first-order valence-corrected chi connectivity index (χ1v) is 8.66. The first kappa shape index (κ1) is 15.8. The fourth-order valence-corrected chi connectivity index (χ4v) is 3.69. The fourth-order valence-electron chi connectivity index (χ4n) is 3.69. The number of guanidine groups is 1. The van der Waals surface area contributed by atoms with Crippen molar-refractivity contribution in [3.63, 3.8) is 0 Å². The predicted octanol–water partition coefficient (Wildman–Crippen LogP) is 2.95. The second kappa shape index (κ2) is 5.69. The Balaban J connectivity index is 1.79. The highest BCUT2D eigenvalue weighted by molar-refractivity contribution is 6.02. The zero-order valence-electron chi connectivity index (χ0n) is 14.5. The molecule has 4 rings (SSSR count). The topological polar surface area (TPSA) is 69.1 Å². The van der Waals surface area contributed by atoms with Gasteiger partial charge in [0.25, 0.3) is 0 Å². The van der Waals surface area contributed by atoms with Crippen molar-refractivity contribution >= 4 is 11.9 Å². The van der Waals surface area contributed by atoms with E-state index in [1.165, 1.54) is 23.3 Å². The zero-order chi connectivity index (χ0) is 17.6. The third-order valence-corrected chi connectivity index (χ3v) is 5.38. The number of hydrogen-bond donors (Lipinski definition) is 2. The minimum Gasteiger partial charge on any atom is -0.344 e. The van der Waals surface area contributed by atoms with Crippen molar-refractivity contribution in [1.82, 2.24) is 15.2 Å². The Morgan fingerprint density at radius 2 is 1.84 bits per heavy atom. The molecule has 25 heavy (non-hydrogen) atoms. The second-order valence-corrected chi connectivity index (χ2v) is 7.16. The Kier molecular flexibility index (Phi) is 3.60. The average molecular weight is 334 g/mol. The molecular weight excluding hydrogens is 312 g/mol. The molecule has 0 unspecified atom stereocenters. The minimum atomic E-state index is -0.761. The Morgan fingerprint density at radius 1 is 1.16 bits per heavy atom. The van der Waals surface area contributed by atoms with E-state index in [0.717, 1.165) is 11.3 Å². The molecule has 128 valence electrons. The minimum absolute atomic E-state index is 0.0870. The number of nitrogens with one attached hydrogen (secondary N) is 2. The SMILES string of the molecule is CN1C(=N)N[C@](C)(c2ccccn2)[C@H](c2ccc(C3CC3)cc2)C1=O. The van der Waals surface area contributed by atoms with Crippen molar-refractivity contribution < 1.29 is 4.79 Å². The molecule has 5 nitrogen and oxygen atoms in total. The van der Waals surface area contributed by atoms with Crippen LogP contribution in [0.15, 0.2) is 48.7 Å². The molecule has 1 amide bonds. The number of likely N-dealkylation sites (N-methyl/N-ethyl adjacent to an activating group) is 1. The van der Waals surface area contributed by atoms with E-state index >= 15 is 0 Å². The van der Waals surface area contributed by atoms with Crippen molar-refractivity contribution in [3.05, 3.63) is 65.5 Å². The quantitative estimate of drug-likeness (QED) is 0.907. The van der Waals surface area contributed by atoms with E-state index in [-0.39, 0.29) is 11.9 Å². The Hall–Kier alpha value is -2.69. The third-order valence-electron chi connectivity index (χ3n) is 5.38. The number of hydrogen-bond acceptors (Lipinski definition) is 3. The fraction of sp³-hybridized carbons (Fsp3) is 0.350. The predicted molar refractivity (Wildman–Crippen MR) is 96.4 cm³/mol. The molecule has 1 aromatic carbocycles. The van der Waals surface area contributed by atoms with Crippen LogP contribution in [0.5, 0.6) is 0 Å². The van der Waals surface area contributed by atoms with Gasteiger partial charge in [-0.15, -0.1) is 0 Å². The molecule has 1 aromatic heterocycles. The number of amides is 1. The van der Waals surface area contributed by atoms with Gasteiger partial charge in [-0.25, -0.2) is 0 Å². The van der Waals surface area contributed by atoms with E-state index < -0.39 is 11.5 Å². The van der Waals surface area contributed by atoms with Gasteiger partial charge in [0, 0.05) is 13.2 Å². The molecule has 0 bridgehead atoms. The summed E-state index contributed by atoms with van der Waals surface area (Å²) in [5, 5.41) is 11.4. The van der Waals surface area contributed by atoms with Crippen LogP contribution >= 0.6 is 0 Å². The van der Waals surface area contributed by atoms with Crippen LogP contribution in [0.2, 0.25) is 0 Å². The van der Waals surface area contributed by atoms with Crippen molar-refractivity contribution in [2.24, 2.45) is 0 Å². The van der Waals surface area contributed by atoms with Gasteiger partial charge in [-0.3, -0.25) is 20.1 Å². The van der Waals surface area contributed by atoms with Gasteiger partial charge < -0.3 is 5.32 Å². The molecule has 2 N–H and O–H groups in total. The van der Waals surface area contributed by atoms with Gasteiger partial charge in [-0.2, -0.15) is 0 Å². The summed E-state index contributed by atoms with van der Waals surface area (Å²) in [6.07, 6.45) is 4.24. The molecule has 2 fully saturated rings. The van der Waals surface area contributed by atoms with E-state index in [1.807, 2.05) is 25.1 Å². The lowest BCUT2D eigenvalue weighted by molar-refractivity contribution is -0.131. The van der Waals surface area contributed by atoms with E-state index in [2.05, 4.69) is 34.6 Å². The maximum absolute atomic E-state index is 13.1. The molecule has 2 heterocycles. The molecular formula is C20H22N4O. The number of carbonyl (C=O) groups is 1. The number of aromatic nitrogens is 1. The lowest BCUT2D eigenvalue weighted by atomic mass is 9.75. The number of benzene rings is 1. The van der Waals surface area contributed by atoms with Gasteiger partial charge in [0.2, 0.25) is 5.91 Å². The largest absolute Gasteiger partial charge is 0.344 e. The molecule has 2 aromatic rings. The highest BCUT2D eigenvalue weighted by Crippen LogP contribution is 2.43. The number of carbonyl (C=O) groups excluding carboxylic acids is 1. The standard InChI is InChI=1S/C20H22N4O/c1-20(16-5-3-4-12-22-16)17(18(25)24(2)19(21)23-20)15-10-8-14(9-11-15)13-6-7-13/h3-5,8-13,17H,6-7H2,1-2H3,(H2,21,23)/t17-,20-/m1/s1. The van der Waals surface area contributed by atoms with Crippen molar-refractivity contribution in [3.8, 4) is 0 Å². The molecule has 2 aliphatic rings. The summed E-state index contributed by atoms with van der Waals surface area (Å²) in [4.78, 5) is 18.9. The molecule has 0 radical (unpaired) electrons. The second-order valence-electron chi connectivity index (χ2n) is 7.16. The number of nitrogens with zero attached hydrogens (tertiary/aromatic N) is 2. The summed E-state index contributed by atoms with van der Waals surface area (Å²) in [5.74, 6) is 0.266. The van der Waals surface area contributed by atoms with E-state index in [0.29, 0.717) is 5.92 Å². The molecule has 2 atom stereocenters. The highest BCUT2D eigenvalue weighted by atomic mass is 16.2. The van der Waals surface area contributed by atoms with Crippen LogP contribution < -0.4 is 5.32 Å². The molecule has 5 heteroatoms. The summed E-state index contributed by atoms with van der Waals surface area (Å²) in [6, 6.07) is 14.1. The summed E-state index contributed by atoms with van der Waals surface area (Å²) >= 11 is 0. The molecule has 1 aliphatic heterocycles. The van der Waals surface area contributed by atoms with Crippen LogP contribution in [0, 0.1) is 5.41 Å². The maximum atomic E-state index is 13.1. The Morgan fingerprint density at radius 3 is 2.44 bits per heavy atom. The number of rotatable bonds is 3. The average Bonchev–Trinajstić information content (AvgIpc) is 3.46. The lowest BCUT2D eigenvalue weighted by Gasteiger charge is -2.45. The van der Waals surface area contributed by atoms with Gasteiger partial charge in [-0.05, 0) is 48.9 Å². The highest BCUT2D eigenvalue weighted by Gasteiger charge is 2.49. The van der Waals surface area contributed by atoms with E-state index in [1.54, 1.807) is 13.2 Å². The van der Waals surface area contributed by atoms with Crippen LogP contribution in [0.4, 0.5) is 0 Å². The Labute approximate surface area is 147 Å². The molecule has 0 spiro atoms. The van der Waals surface area contributed by atoms with Gasteiger partial charge in [-0.1, -0.05) is 30.3 Å². The third kappa shape index (κ3) is 2.60. The smallest absolute Gasteiger partial charge is 0.239 e. The monoisotopic (exact) mass is 334 g/mol. The lowest BCUT2D eigenvalue weighted by Crippen LogP contribution is -2.62. The summed E-state index contributed by atoms with van der Waals surface area (Å²) in [7, 11) is 1.64. The van der Waals surface area contributed by atoms with Gasteiger partial charge in [0.15, 0.2) is 5.96 Å². The zero-order valence-corrected chi connectivity index (χ0v) is 14.5. The summed E-state index contributed by atoms with van der Waals surface area (Å²) in [6.45, 7) is 1.95.